The van der Waals surface area contributed by atoms with E-state index in [1.807, 2.05) is 43.0 Å². The monoisotopic (exact) mass is 563 g/mol. The molecule has 0 bridgehead atoms. The lowest BCUT2D eigenvalue weighted by Gasteiger charge is -2.32. The molecule has 1 N–H and O–H groups in total. The SMILES string of the molecule is C=C(OCC)C1(c2ccc(-c3ccc(-c4onc(C)c4Nc4cccc(C(=O)N5CCN(C)CC5)n4)cc3)cc2)CC1. The molecule has 2 aromatic carbocycles. The fourth-order valence-electron chi connectivity index (χ4n) is 5.60. The summed E-state index contributed by atoms with van der Waals surface area (Å²) in [6, 6.07) is 22.4. The smallest absolute Gasteiger partial charge is 0.272 e. The van der Waals surface area contributed by atoms with Crippen molar-refractivity contribution in [3.63, 3.8) is 0 Å². The third-order valence-electron chi connectivity index (χ3n) is 8.39. The summed E-state index contributed by atoms with van der Waals surface area (Å²) < 4.78 is 11.5. The maximum atomic E-state index is 13.1. The number of nitrogens with zero attached hydrogens (tertiary/aromatic N) is 4. The van der Waals surface area contributed by atoms with Crippen molar-refractivity contribution in [3.8, 4) is 22.5 Å². The molecule has 1 aliphatic carbocycles. The molecule has 2 aliphatic rings. The summed E-state index contributed by atoms with van der Waals surface area (Å²) in [6.07, 6.45) is 2.17. The summed E-state index contributed by atoms with van der Waals surface area (Å²) in [5.74, 6) is 2.01. The predicted molar refractivity (Wildman–Crippen MR) is 165 cm³/mol. The number of hydrogen-bond donors (Lipinski definition) is 1. The van der Waals surface area contributed by atoms with Crippen molar-refractivity contribution in [1.29, 1.82) is 0 Å². The third kappa shape index (κ3) is 5.42. The number of carbonyl (C=O) groups excluding carboxylic acids is 1. The van der Waals surface area contributed by atoms with Gasteiger partial charge in [-0.15, -0.1) is 0 Å². The van der Waals surface area contributed by atoms with E-state index in [9.17, 15) is 4.79 Å². The maximum Gasteiger partial charge on any atom is 0.272 e. The summed E-state index contributed by atoms with van der Waals surface area (Å²) in [4.78, 5) is 21.8. The van der Waals surface area contributed by atoms with Crippen LogP contribution in [0.5, 0.6) is 0 Å². The molecular formula is C34H37N5O3. The number of piperazine rings is 1. The van der Waals surface area contributed by atoms with Gasteiger partial charge >= 0.3 is 0 Å². The summed E-state index contributed by atoms with van der Waals surface area (Å²) in [5.41, 5.74) is 6.24. The van der Waals surface area contributed by atoms with Crippen molar-refractivity contribution < 1.29 is 14.1 Å². The van der Waals surface area contributed by atoms with Crippen LogP contribution in [0, 0.1) is 6.92 Å². The first-order valence-corrected chi connectivity index (χ1v) is 14.6. The molecule has 2 fully saturated rings. The maximum absolute atomic E-state index is 13.1. The van der Waals surface area contributed by atoms with Gasteiger partial charge in [0.2, 0.25) is 0 Å². The van der Waals surface area contributed by atoms with E-state index in [0.717, 1.165) is 54.1 Å². The van der Waals surface area contributed by atoms with E-state index in [0.29, 0.717) is 42.7 Å². The Balaban J connectivity index is 1.18. The Hall–Kier alpha value is -4.43. The lowest BCUT2D eigenvalue weighted by atomic mass is 9.92. The molecule has 42 heavy (non-hydrogen) atoms. The number of amides is 1. The number of allylic oxidation sites excluding steroid dienone is 1. The van der Waals surface area contributed by atoms with Crippen LogP contribution < -0.4 is 5.32 Å². The number of aryl methyl sites for hydroxylation is 1. The van der Waals surface area contributed by atoms with Gasteiger partial charge in [0.15, 0.2) is 5.76 Å². The van der Waals surface area contributed by atoms with Crippen LogP contribution in [0.2, 0.25) is 0 Å². The molecule has 0 radical (unpaired) electrons. The van der Waals surface area contributed by atoms with E-state index in [1.54, 1.807) is 6.07 Å². The third-order valence-corrected chi connectivity index (χ3v) is 8.39. The molecule has 1 saturated heterocycles. The Bertz CT molecular complexity index is 1580. The molecule has 6 rings (SSSR count). The van der Waals surface area contributed by atoms with Gasteiger partial charge in [0, 0.05) is 31.7 Å². The average molecular weight is 564 g/mol. The van der Waals surface area contributed by atoms with E-state index < -0.39 is 0 Å². The van der Waals surface area contributed by atoms with Crippen molar-refractivity contribution in [2.75, 3.05) is 45.2 Å². The zero-order valence-electron chi connectivity index (χ0n) is 24.5. The Morgan fingerprint density at radius 3 is 2.26 bits per heavy atom. The lowest BCUT2D eigenvalue weighted by molar-refractivity contribution is 0.0658. The second-order valence-electron chi connectivity index (χ2n) is 11.2. The van der Waals surface area contributed by atoms with Gasteiger partial charge in [-0.3, -0.25) is 4.79 Å². The number of anilines is 2. The summed E-state index contributed by atoms with van der Waals surface area (Å²) in [6.45, 7) is 11.8. The highest BCUT2D eigenvalue weighted by Gasteiger charge is 2.48. The zero-order chi connectivity index (χ0) is 29.3. The topological polar surface area (TPSA) is 83.7 Å². The van der Waals surface area contributed by atoms with E-state index in [2.05, 4.69) is 70.4 Å². The van der Waals surface area contributed by atoms with E-state index in [1.165, 1.54) is 5.56 Å². The van der Waals surface area contributed by atoms with Crippen LogP contribution in [0.15, 0.2) is 83.6 Å². The minimum atomic E-state index is -0.0517. The normalized spacial score (nSPS) is 16.2. The van der Waals surface area contributed by atoms with Gasteiger partial charge in [0.25, 0.3) is 5.91 Å². The van der Waals surface area contributed by atoms with Crippen LogP contribution in [-0.4, -0.2) is 65.7 Å². The number of carbonyl (C=O) groups is 1. The molecule has 1 saturated carbocycles. The lowest BCUT2D eigenvalue weighted by Crippen LogP contribution is -2.47. The fourth-order valence-corrected chi connectivity index (χ4v) is 5.60. The summed E-state index contributed by atoms with van der Waals surface area (Å²) >= 11 is 0. The minimum absolute atomic E-state index is 0.0296. The molecule has 1 amide bonds. The van der Waals surface area contributed by atoms with Crippen molar-refractivity contribution in [3.05, 3.63) is 96.0 Å². The Morgan fingerprint density at radius 2 is 1.62 bits per heavy atom. The van der Waals surface area contributed by atoms with Gasteiger partial charge in [-0.25, -0.2) is 4.98 Å². The van der Waals surface area contributed by atoms with Crippen LogP contribution in [-0.2, 0) is 10.2 Å². The quantitative estimate of drug-likeness (QED) is 0.235. The second-order valence-corrected chi connectivity index (χ2v) is 11.2. The van der Waals surface area contributed by atoms with E-state index in [4.69, 9.17) is 9.26 Å². The summed E-state index contributed by atoms with van der Waals surface area (Å²) in [5, 5.41) is 7.56. The standard InChI is InChI=1S/C34H37N5O3/c1-5-41-24(3)34(17-18-34)28-15-13-26(14-16-28)25-9-11-27(12-10-25)32-31(23(2)37-42-32)36-30-8-6-7-29(35-30)33(40)39-21-19-38(4)20-22-39/h6-16H,3,5,17-22H2,1-2,4H3,(H,35,36). The molecule has 216 valence electrons. The highest BCUT2D eigenvalue weighted by Crippen LogP contribution is 2.53. The van der Waals surface area contributed by atoms with Crippen molar-refractivity contribution in [2.45, 2.75) is 32.1 Å². The molecule has 8 nitrogen and oxygen atoms in total. The predicted octanol–water partition coefficient (Wildman–Crippen LogP) is 6.43. The molecule has 0 spiro atoms. The highest BCUT2D eigenvalue weighted by atomic mass is 16.5. The van der Waals surface area contributed by atoms with Crippen LogP contribution in [0.1, 0.15) is 41.5 Å². The molecular weight excluding hydrogens is 526 g/mol. The van der Waals surface area contributed by atoms with Crippen LogP contribution >= 0.6 is 0 Å². The number of ether oxygens (including phenoxy) is 1. The molecule has 1 aliphatic heterocycles. The Kier molecular flexibility index (Phi) is 7.56. The van der Waals surface area contributed by atoms with Crippen LogP contribution in [0.25, 0.3) is 22.5 Å². The van der Waals surface area contributed by atoms with E-state index in [-0.39, 0.29) is 11.3 Å². The summed E-state index contributed by atoms with van der Waals surface area (Å²) in [7, 11) is 2.07. The van der Waals surface area contributed by atoms with Gasteiger partial charge in [0.1, 0.15) is 22.9 Å². The molecule has 2 aromatic heterocycles. The first-order valence-electron chi connectivity index (χ1n) is 14.6. The van der Waals surface area contributed by atoms with Gasteiger partial charge < -0.3 is 24.4 Å². The first kappa shape index (κ1) is 27.7. The number of hydrogen-bond acceptors (Lipinski definition) is 7. The number of nitrogens with one attached hydrogen (secondary N) is 1. The number of rotatable bonds is 9. The van der Waals surface area contributed by atoms with Crippen LogP contribution in [0.4, 0.5) is 11.5 Å². The molecule has 3 heterocycles. The molecule has 8 heteroatoms. The zero-order valence-corrected chi connectivity index (χ0v) is 24.5. The first-order chi connectivity index (χ1) is 20.4. The largest absolute Gasteiger partial charge is 0.498 e. The second kappa shape index (κ2) is 11.4. The minimum Gasteiger partial charge on any atom is -0.498 e. The molecule has 0 atom stereocenters. The van der Waals surface area contributed by atoms with Crippen molar-refractivity contribution in [2.24, 2.45) is 0 Å². The van der Waals surface area contributed by atoms with E-state index >= 15 is 0 Å². The highest BCUT2D eigenvalue weighted by molar-refractivity contribution is 5.93. The fraction of sp³-hybridized carbons (Fsp3) is 0.324. The van der Waals surface area contributed by atoms with Gasteiger partial charge in [-0.1, -0.05) is 66.3 Å². The average Bonchev–Trinajstić information content (AvgIpc) is 3.76. The number of aromatic nitrogens is 2. The van der Waals surface area contributed by atoms with Gasteiger partial charge in [0.05, 0.1) is 17.8 Å². The van der Waals surface area contributed by atoms with Crippen LogP contribution in [0.3, 0.4) is 0 Å². The number of likely N-dealkylation sites (N-methyl/N-ethyl adjacent to an activating group) is 1. The van der Waals surface area contributed by atoms with Gasteiger partial charge in [-0.2, -0.15) is 0 Å². The number of benzene rings is 2. The Labute approximate surface area is 247 Å². The number of pyridine rings is 1. The Morgan fingerprint density at radius 1 is 0.976 bits per heavy atom. The van der Waals surface area contributed by atoms with Crippen molar-refractivity contribution in [1.82, 2.24) is 19.9 Å². The molecule has 0 unspecified atom stereocenters. The molecule has 4 aromatic rings. The van der Waals surface area contributed by atoms with Crippen molar-refractivity contribution >= 4 is 17.4 Å². The van der Waals surface area contributed by atoms with Gasteiger partial charge in [-0.05, 0) is 62.6 Å².